The van der Waals surface area contributed by atoms with E-state index in [9.17, 15) is 14.4 Å². The maximum Gasteiger partial charge on any atom is 0.326 e. The minimum absolute atomic E-state index is 0.00190. The second-order valence-corrected chi connectivity index (χ2v) is 10.9. The second-order valence-electron chi connectivity index (χ2n) is 9.76. The summed E-state index contributed by atoms with van der Waals surface area (Å²) in [5, 5.41) is 12.3. The third-order valence-corrected chi connectivity index (χ3v) is 8.72. The molecule has 4 aliphatic heterocycles. The van der Waals surface area contributed by atoms with Crippen molar-refractivity contribution in [2.75, 3.05) is 37.6 Å². The molecule has 6 rings (SSSR count). The molecule has 0 radical (unpaired) electrons. The summed E-state index contributed by atoms with van der Waals surface area (Å²) in [5.41, 5.74) is 2.46. The molecule has 0 aliphatic carbocycles. The molecule has 2 aromatic carbocycles. The normalized spacial score (nSPS) is 24.2. The number of rotatable bonds is 7. The number of benzene rings is 2. The highest BCUT2D eigenvalue weighted by Crippen LogP contribution is 2.48. The number of carbonyl (C=O) groups is 3. The molecule has 3 fully saturated rings. The van der Waals surface area contributed by atoms with Gasteiger partial charge in [0, 0.05) is 43.5 Å². The molecule has 4 N–H and O–H groups in total. The number of hydrogen-bond donors (Lipinski definition) is 4. The number of nitrogens with zero attached hydrogens (tertiary/aromatic N) is 2. The third-order valence-electron chi connectivity index (χ3n) is 7.37. The Morgan fingerprint density at radius 1 is 1.11 bits per heavy atom. The lowest BCUT2D eigenvalue weighted by Gasteiger charge is -2.46. The van der Waals surface area contributed by atoms with Crippen molar-refractivity contribution < 1.29 is 19.1 Å². The quantitative estimate of drug-likeness (QED) is 0.434. The maximum absolute atomic E-state index is 13.5. The first kappa shape index (κ1) is 24.6. The van der Waals surface area contributed by atoms with Crippen LogP contribution in [0.1, 0.15) is 12.0 Å². The molecule has 2 aromatic rings. The Bertz CT molecular complexity index is 1300. The summed E-state index contributed by atoms with van der Waals surface area (Å²) in [7, 11) is 0. The fraction of sp³-hybridized carbons (Fsp3) is 0.370. The fourth-order valence-electron chi connectivity index (χ4n) is 5.60. The lowest BCUT2D eigenvalue weighted by Crippen LogP contribution is -2.62. The Hall–Kier alpha value is -3.70. The van der Waals surface area contributed by atoms with Gasteiger partial charge in [0.15, 0.2) is 0 Å². The second kappa shape index (κ2) is 10.2. The molecular weight excluding hydrogens is 504 g/mol. The molecule has 4 heterocycles. The zero-order valence-corrected chi connectivity index (χ0v) is 21.8. The van der Waals surface area contributed by atoms with Crippen LogP contribution in [0.4, 0.5) is 15.3 Å². The van der Waals surface area contributed by atoms with Crippen LogP contribution in [0.2, 0.25) is 0 Å². The average Bonchev–Trinajstić information content (AvgIpc) is 3.49. The predicted octanol–water partition coefficient (Wildman–Crippen LogP) is 2.72. The van der Waals surface area contributed by atoms with Gasteiger partial charge in [-0.05, 0) is 55.8 Å². The minimum atomic E-state index is -0.233. The van der Waals surface area contributed by atoms with Crippen LogP contribution in [0.5, 0.6) is 11.5 Å². The first-order valence-electron chi connectivity index (χ1n) is 12.9. The third kappa shape index (κ3) is 4.56. The van der Waals surface area contributed by atoms with Gasteiger partial charge in [-0.15, -0.1) is 0 Å². The van der Waals surface area contributed by atoms with Gasteiger partial charge >= 0.3 is 12.1 Å². The Labute approximate surface area is 225 Å². The SMILES string of the molecule is Cc1cc(Oc2ccccc2)ccc1N1C(=O)NC2=C(C(=O)NCCN3CCNC3=O)SC3NCCC1C23. The van der Waals surface area contributed by atoms with Gasteiger partial charge < -0.3 is 30.9 Å². The summed E-state index contributed by atoms with van der Waals surface area (Å²) < 4.78 is 5.98. The molecule has 5 amide bonds. The number of ether oxygens (including phenoxy) is 1. The number of anilines is 1. The van der Waals surface area contributed by atoms with Gasteiger partial charge in [0.1, 0.15) is 11.5 Å². The molecule has 3 atom stereocenters. The van der Waals surface area contributed by atoms with E-state index in [1.54, 1.807) is 4.90 Å². The van der Waals surface area contributed by atoms with Crippen LogP contribution in [-0.2, 0) is 4.79 Å². The lowest BCUT2D eigenvalue weighted by atomic mass is 9.86. The van der Waals surface area contributed by atoms with E-state index in [0.717, 1.165) is 30.0 Å². The number of aryl methyl sites for hydroxylation is 1. The number of thioether (sulfide) groups is 1. The molecule has 198 valence electrons. The van der Waals surface area contributed by atoms with Crippen molar-refractivity contribution in [1.29, 1.82) is 0 Å². The van der Waals surface area contributed by atoms with E-state index in [2.05, 4.69) is 21.3 Å². The first-order chi connectivity index (χ1) is 18.5. The molecule has 38 heavy (non-hydrogen) atoms. The van der Waals surface area contributed by atoms with Crippen LogP contribution in [0.25, 0.3) is 0 Å². The number of nitrogens with one attached hydrogen (secondary N) is 4. The van der Waals surface area contributed by atoms with Crippen molar-refractivity contribution in [3.63, 3.8) is 0 Å². The van der Waals surface area contributed by atoms with E-state index in [-0.39, 0.29) is 35.3 Å². The maximum atomic E-state index is 13.5. The Balaban J connectivity index is 1.20. The standard InChI is InChI=1S/C27H30N6O4S/c1-16-15-18(37-17-5-3-2-4-6-17)7-8-19(16)33-20-9-10-29-25-21(20)22(31-27(33)36)23(38-25)24(34)28-11-13-32-14-12-30-26(32)35/h2-8,15,20-21,25,29H,9-14H2,1H3,(H,28,34)(H,30,35)(H,31,36). The fourth-order valence-corrected chi connectivity index (χ4v) is 7.01. The highest BCUT2D eigenvalue weighted by atomic mass is 32.2. The van der Waals surface area contributed by atoms with Crippen molar-refractivity contribution in [3.05, 3.63) is 64.7 Å². The first-order valence-corrected chi connectivity index (χ1v) is 13.8. The van der Waals surface area contributed by atoms with E-state index in [1.807, 2.05) is 60.4 Å². The Kier molecular flexibility index (Phi) is 6.62. The van der Waals surface area contributed by atoms with Gasteiger partial charge in [-0.3, -0.25) is 9.69 Å². The van der Waals surface area contributed by atoms with Crippen molar-refractivity contribution in [1.82, 2.24) is 26.2 Å². The number of urea groups is 2. The van der Waals surface area contributed by atoms with Gasteiger partial charge in [0.2, 0.25) is 0 Å². The van der Waals surface area contributed by atoms with Crippen molar-refractivity contribution in [3.8, 4) is 11.5 Å². The van der Waals surface area contributed by atoms with Gasteiger partial charge in [-0.1, -0.05) is 30.0 Å². The molecule has 0 bridgehead atoms. The van der Waals surface area contributed by atoms with Gasteiger partial charge in [-0.25, -0.2) is 9.59 Å². The molecular formula is C27H30N6O4S. The molecule has 0 aromatic heterocycles. The molecule has 10 nitrogen and oxygen atoms in total. The van der Waals surface area contributed by atoms with E-state index in [4.69, 9.17) is 4.74 Å². The van der Waals surface area contributed by atoms with Crippen molar-refractivity contribution in [2.24, 2.45) is 5.92 Å². The van der Waals surface area contributed by atoms with Crippen LogP contribution in [0.15, 0.2) is 59.1 Å². The molecule has 0 saturated carbocycles. The molecule has 0 spiro atoms. The van der Waals surface area contributed by atoms with Crippen LogP contribution >= 0.6 is 11.8 Å². The topological polar surface area (TPSA) is 115 Å². The van der Waals surface area contributed by atoms with Crippen molar-refractivity contribution >= 4 is 35.4 Å². The van der Waals surface area contributed by atoms with Crippen molar-refractivity contribution in [2.45, 2.75) is 24.8 Å². The van der Waals surface area contributed by atoms with E-state index in [1.165, 1.54) is 11.8 Å². The van der Waals surface area contributed by atoms with E-state index >= 15 is 0 Å². The van der Waals surface area contributed by atoms with Gasteiger partial charge in [0.05, 0.1) is 16.3 Å². The average molecular weight is 535 g/mol. The van der Waals surface area contributed by atoms with Gasteiger partial charge in [-0.2, -0.15) is 0 Å². The smallest absolute Gasteiger partial charge is 0.326 e. The summed E-state index contributed by atoms with van der Waals surface area (Å²) >= 11 is 1.47. The van der Waals surface area contributed by atoms with Crippen LogP contribution in [0.3, 0.4) is 0 Å². The Morgan fingerprint density at radius 2 is 1.95 bits per heavy atom. The molecule has 4 aliphatic rings. The van der Waals surface area contributed by atoms with Crippen LogP contribution in [-0.4, -0.2) is 67.0 Å². The highest BCUT2D eigenvalue weighted by molar-refractivity contribution is 8.04. The summed E-state index contributed by atoms with van der Waals surface area (Å²) in [6.07, 6.45) is 0.777. The largest absolute Gasteiger partial charge is 0.457 e. The summed E-state index contributed by atoms with van der Waals surface area (Å²) in [6.45, 7) is 4.79. The monoisotopic (exact) mass is 534 g/mol. The number of amides is 5. The zero-order valence-electron chi connectivity index (χ0n) is 21.0. The van der Waals surface area contributed by atoms with Crippen LogP contribution < -0.4 is 30.9 Å². The van der Waals surface area contributed by atoms with Crippen LogP contribution in [0, 0.1) is 12.8 Å². The summed E-state index contributed by atoms with van der Waals surface area (Å²) in [6, 6.07) is 14.9. The number of hydrogen-bond acceptors (Lipinski definition) is 6. The summed E-state index contributed by atoms with van der Waals surface area (Å²) in [5.74, 6) is 1.22. The number of para-hydroxylation sites is 1. The molecule has 3 unspecified atom stereocenters. The molecule has 11 heteroatoms. The Morgan fingerprint density at radius 3 is 2.71 bits per heavy atom. The van der Waals surface area contributed by atoms with E-state index in [0.29, 0.717) is 42.5 Å². The summed E-state index contributed by atoms with van der Waals surface area (Å²) in [4.78, 5) is 42.4. The predicted molar refractivity (Wildman–Crippen MR) is 145 cm³/mol. The highest BCUT2D eigenvalue weighted by Gasteiger charge is 2.51. The van der Waals surface area contributed by atoms with E-state index < -0.39 is 0 Å². The molecule has 3 saturated heterocycles. The van der Waals surface area contributed by atoms with Gasteiger partial charge in [0.25, 0.3) is 5.91 Å². The minimum Gasteiger partial charge on any atom is -0.457 e. The lowest BCUT2D eigenvalue weighted by molar-refractivity contribution is -0.116. The number of carbonyl (C=O) groups excluding carboxylic acids is 3. The number of piperidine rings is 1. The zero-order chi connectivity index (χ0) is 26.2.